The van der Waals surface area contributed by atoms with Gasteiger partial charge in [0.1, 0.15) is 5.82 Å². The van der Waals surface area contributed by atoms with Crippen LogP contribution < -0.4 is 10.2 Å². The van der Waals surface area contributed by atoms with Crippen molar-refractivity contribution in [1.82, 2.24) is 19.8 Å². The van der Waals surface area contributed by atoms with Gasteiger partial charge in [0.05, 0.1) is 0 Å². The molecule has 3 fully saturated rings. The molecule has 1 atom stereocenters. The Morgan fingerprint density at radius 1 is 0.943 bits per heavy atom. The number of nitrogens with zero attached hydrogens (tertiary/aromatic N) is 5. The molecule has 0 spiro atoms. The molecule has 7 heteroatoms. The lowest BCUT2D eigenvalue weighted by atomic mass is 9.97. The third kappa shape index (κ3) is 6.13. The highest BCUT2D eigenvalue weighted by atomic mass is 16.2. The predicted molar refractivity (Wildman–Crippen MR) is 141 cm³/mol. The van der Waals surface area contributed by atoms with Gasteiger partial charge in [-0.25, -0.2) is 4.98 Å². The molecule has 0 saturated carbocycles. The van der Waals surface area contributed by atoms with Crippen molar-refractivity contribution >= 4 is 17.7 Å². The first-order chi connectivity index (χ1) is 17.2. The van der Waals surface area contributed by atoms with Gasteiger partial charge in [-0.2, -0.15) is 4.98 Å². The number of carbonyl (C=O) groups is 1. The fourth-order valence-electron chi connectivity index (χ4n) is 5.93. The smallest absolute Gasteiger partial charge is 0.253 e. The Kier molecular flexibility index (Phi) is 7.82. The maximum Gasteiger partial charge on any atom is 0.253 e. The van der Waals surface area contributed by atoms with E-state index in [1.54, 1.807) is 0 Å². The summed E-state index contributed by atoms with van der Waals surface area (Å²) >= 11 is 0. The maximum atomic E-state index is 12.9. The molecule has 5 rings (SSSR count). The fraction of sp³-hybridized carbons (Fsp3) is 0.607. The highest BCUT2D eigenvalue weighted by Gasteiger charge is 2.31. The van der Waals surface area contributed by atoms with Crippen LogP contribution in [0.3, 0.4) is 0 Å². The molecule has 0 bridgehead atoms. The molecular weight excluding hydrogens is 436 g/mol. The lowest BCUT2D eigenvalue weighted by Crippen LogP contribution is -2.52. The average Bonchev–Trinajstić information content (AvgIpc) is 3.19. The minimum Gasteiger partial charge on any atom is -0.356 e. The van der Waals surface area contributed by atoms with Gasteiger partial charge in [0.15, 0.2) is 0 Å². The molecule has 0 aliphatic carbocycles. The minimum absolute atomic E-state index is 0.173. The highest BCUT2D eigenvalue weighted by molar-refractivity contribution is 5.94. The number of rotatable bonds is 5. The van der Waals surface area contributed by atoms with Crippen molar-refractivity contribution in [3.05, 3.63) is 47.7 Å². The molecule has 1 aromatic carbocycles. The number of piperidine rings is 2. The number of hydrogen-bond acceptors (Lipinski definition) is 6. The fourth-order valence-corrected chi connectivity index (χ4v) is 5.93. The van der Waals surface area contributed by atoms with Crippen LogP contribution in [0.15, 0.2) is 36.5 Å². The Morgan fingerprint density at radius 3 is 2.51 bits per heavy atom. The van der Waals surface area contributed by atoms with E-state index >= 15 is 0 Å². The molecule has 4 heterocycles. The lowest BCUT2D eigenvalue weighted by molar-refractivity contribution is 0.0580. The summed E-state index contributed by atoms with van der Waals surface area (Å²) in [7, 11) is 0. The van der Waals surface area contributed by atoms with Crippen LogP contribution >= 0.6 is 0 Å². The molecule has 1 N–H and O–H groups in total. The third-order valence-corrected chi connectivity index (χ3v) is 7.89. The maximum absolute atomic E-state index is 12.9. The van der Waals surface area contributed by atoms with Crippen LogP contribution in [0, 0.1) is 6.92 Å². The van der Waals surface area contributed by atoms with E-state index < -0.39 is 0 Å². The number of amides is 1. The second-order valence-electron chi connectivity index (χ2n) is 10.5. The van der Waals surface area contributed by atoms with E-state index in [9.17, 15) is 4.79 Å². The molecule has 1 amide bonds. The Morgan fingerprint density at radius 2 is 1.74 bits per heavy atom. The van der Waals surface area contributed by atoms with Gasteiger partial charge >= 0.3 is 0 Å². The zero-order valence-electron chi connectivity index (χ0n) is 21.2. The van der Waals surface area contributed by atoms with Crippen molar-refractivity contribution in [3.63, 3.8) is 0 Å². The minimum atomic E-state index is 0.173. The Bertz CT molecular complexity index is 981. The van der Waals surface area contributed by atoms with Crippen molar-refractivity contribution in [3.8, 4) is 0 Å². The lowest BCUT2D eigenvalue weighted by Gasteiger charge is -2.42. The Hall–Kier alpha value is -2.67. The normalized spacial score (nSPS) is 22.6. The molecule has 3 aliphatic rings. The Balaban J connectivity index is 1.14. The first kappa shape index (κ1) is 24.0. The first-order valence-corrected chi connectivity index (χ1v) is 13.6. The summed E-state index contributed by atoms with van der Waals surface area (Å²) in [6, 6.07) is 10.9. The monoisotopic (exact) mass is 476 g/mol. The molecular formula is C28H40N6O. The van der Waals surface area contributed by atoms with E-state index in [1.807, 2.05) is 42.3 Å². The molecule has 3 saturated heterocycles. The van der Waals surface area contributed by atoms with Crippen LogP contribution in [-0.2, 0) is 0 Å². The van der Waals surface area contributed by atoms with E-state index in [4.69, 9.17) is 4.98 Å². The summed E-state index contributed by atoms with van der Waals surface area (Å²) in [4.78, 5) is 29.4. The standard InChI is InChI=1S/C28H40N6O/c1-22-8-6-9-23(20-22)27(35)33-18-12-25(13-19-33)34-17-7-10-24(21-34)30-28-29-14-11-26(31-28)32-15-4-2-3-5-16-32/h6,8-9,11,14,20,24-25H,2-5,7,10,12-13,15-19,21H2,1H3,(H,29,30,31). The van der Waals surface area contributed by atoms with Crippen LogP contribution in [0.5, 0.6) is 0 Å². The molecule has 3 aliphatic heterocycles. The molecule has 188 valence electrons. The number of aromatic nitrogens is 2. The topological polar surface area (TPSA) is 64.6 Å². The Labute approximate surface area is 209 Å². The summed E-state index contributed by atoms with van der Waals surface area (Å²) in [6.07, 6.45) is 11.5. The zero-order valence-corrected chi connectivity index (χ0v) is 21.2. The summed E-state index contributed by atoms with van der Waals surface area (Å²) in [5.74, 6) is 1.99. The number of likely N-dealkylation sites (tertiary alicyclic amines) is 2. The van der Waals surface area contributed by atoms with Crippen molar-refractivity contribution in [2.45, 2.75) is 70.4 Å². The molecule has 7 nitrogen and oxygen atoms in total. The second-order valence-corrected chi connectivity index (χ2v) is 10.5. The van der Waals surface area contributed by atoms with Crippen molar-refractivity contribution < 1.29 is 4.79 Å². The van der Waals surface area contributed by atoms with Gasteiger partial charge in [-0.1, -0.05) is 30.5 Å². The number of nitrogens with one attached hydrogen (secondary N) is 1. The van der Waals surface area contributed by atoms with Crippen LogP contribution in [0.2, 0.25) is 0 Å². The third-order valence-electron chi connectivity index (χ3n) is 7.89. The van der Waals surface area contributed by atoms with Gasteiger partial charge in [-0.3, -0.25) is 9.69 Å². The number of benzene rings is 1. The summed E-state index contributed by atoms with van der Waals surface area (Å²) in [6.45, 7) is 8.08. The van der Waals surface area contributed by atoms with Gasteiger partial charge in [0.2, 0.25) is 5.95 Å². The number of aryl methyl sites for hydroxylation is 1. The molecule has 1 unspecified atom stereocenters. The number of hydrogen-bond donors (Lipinski definition) is 1. The average molecular weight is 477 g/mol. The SMILES string of the molecule is Cc1cccc(C(=O)N2CCC(N3CCCC(Nc4nccc(N5CCCCCC5)n4)C3)CC2)c1. The summed E-state index contributed by atoms with van der Waals surface area (Å²) in [5, 5.41) is 3.64. The van der Waals surface area contributed by atoms with Crippen molar-refractivity contribution in [2.24, 2.45) is 0 Å². The van der Waals surface area contributed by atoms with Gasteiger partial charge in [0, 0.05) is 56.6 Å². The quantitative estimate of drug-likeness (QED) is 0.692. The number of anilines is 2. The van der Waals surface area contributed by atoms with Crippen molar-refractivity contribution in [1.29, 1.82) is 0 Å². The van der Waals surface area contributed by atoms with Gasteiger partial charge in [-0.15, -0.1) is 0 Å². The largest absolute Gasteiger partial charge is 0.356 e. The van der Waals surface area contributed by atoms with E-state index in [0.717, 1.165) is 81.4 Å². The molecule has 0 radical (unpaired) electrons. The molecule has 2 aromatic rings. The predicted octanol–water partition coefficient (Wildman–Crippen LogP) is 4.35. The second kappa shape index (κ2) is 11.4. The van der Waals surface area contributed by atoms with Crippen LogP contribution in [0.25, 0.3) is 0 Å². The first-order valence-electron chi connectivity index (χ1n) is 13.6. The van der Waals surface area contributed by atoms with E-state index in [1.165, 1.54) is 32.1 Å². The number of carbonyl (C=O) groups excluding carboxylic acids is 1. The van der Waals surface area contributed by atoms with E-state index in [2.05, 4.69) is 26.2 Å². The van der Waals surface area contributed by atoms with E-state index in [0.29, 0.717) is 12.1 Å². The summed E-state index contributed by atoms with van der Waals surface area (Å²) in [5.41, 5.74) is 1.95. The van der Waals surface area contributed by atoms with Crippen LogP contribution in [0.1, 0.15) is 67.3 Å². The van der Waals surface area contributed by atoms with Crippen molar-refractivity contribution in [2.75, 3.05) is 49.5 Å². The molecule has 1 aromatic heterocycles. The highest BCUT2D eigenvalue weighted by Crippen LogP contribution is 2.24. The van der Waals surface area contributed by atoms with Gasteiger partial charge < -0.3 is 15.1 Å². The molecule has 35 heavy (non-hydrogen) atoms. The van der Waals surface area contributed by atoms with Gasteiger partial charge in [-0.05, 0) is 70.2 Å². The van der Waals surface area contributed by atoms with Crippen LogP contribution in [0.4, 0.5) is 11.8 Å². The zero-order chi connectivity index (χ0) is 24.0. The van der Waals surface area contributed by atoms with E-state index in [-0.39, 0.29) is 5.91 Å². The van der Waals surface area contributed by atoms with Crippen LogP contribution in [-0.4, -0.2) is 77.0 Å². The van der Waals surface area contributed by atoms with Gasteiger partial charge in [0.25, 0.3) is 5.91 Å². The summed E-state index contributed by atoms with van der Waals surface area (Å²) < 4.78 is 0.